The van der Waals surface area contributed by atoms with Crippen LogP contribution in [0.15, 0.2) is 18.2 Å². The van der Waals surface area contributed by atoms with Gasteiger partial charge in [0.25, 0.3) is 0 Å². The van der Waals surface area contributed by atoms with E-state index in [-0.39, 0.29) is 62.2 Å². The minimum atomic E-state index is -4.93. The molecule has 15 heavy (non-hydrogen) atoms. The summed E-state index contributed by atoms with van der Waals surface area (Å²) in [6, 6.07) is 4.69. The molecule has 1 aromatic rings. The summed E-state index contributed by atoms with van der Waals surface area (Å²) in [7, 11) is 0. The van der Waals surface area contributed by atoms with E-state index in [9.17, 15) is 12.9 Å². The molecular weight excluding hydrogens is 254 g/mol. The van der Waals surface area contributed by atoms with E-state index in [1.807, 2.05) is 0 Å². The van der Waals surface area contributed by atoms with Crippen molar-refractivity contribution in [2.45, 2.75) is 6.92 Å². The first-order chi connectivity index (χ1) is 6.38. The number of hydrogen-bond acceptors (Lipinski definition) is 1. The van der Waals surface area contributed by atoms with Crippen LogP contribution in [0.2, 0.25) is 5.02 Å². The van der Waals surface area contributed by atoms with Gasteiger partial charge in [0.15, 0.2) is 0 Å². The molecule has 0 saturated carbocycles. The molecule has 0 N–H and O–H groups in total. The average Bonchev–Trinajstić information content (AvgIpc) is 2.05. The van der Waals surface area contributed by atoms with Gasteiger partial charge >= 0.3 is 58.4 Å². The minimum Gasteiger partial charge on any atom is -0.520 e. The fourth-order valence-electron chi connectivity index (χ4n) is 0.905. The predicted molar refractivity (Wildman–Crippen MR) is 50.8 cm³/mol. The molecule has 0 heterocycles. The second-order valence-electron chi connectivity index (χ2n) is 2.96. The van der Waals surface area contributed by atoms with Crippen molar-refractivity contribution in [3.63, 3.8) is 0 Å². The number of halogens is 4. The zero-order valence-corrected chi connectivity index (χ0v) is 12.3. The van der Waals surface area contributed by atoms with Crippen molar-refractivity contribution in [2.75, 3.05) is 6.51 Å². The van der Waals surface area contributed by atoms with Crippen LogP contribution in [0.3, 0.4) is 0 Å². The van der Waals surface area contributed by atoms with Crippen molar-refractivity contribution in [3.8, 4) is 5.75 Å². The summed E-state index contributed by atoms with van der Waals surface area (Å²) in [6.45, 7) is -4.44. The van der Waals surface area contributed by atoms with E-state index in [2.05, 4.69) is 4.74 Å². The summed E-state index contributed by atoms with van der Waals surface area (Å²) in [6.07, 6.45) is 0. The van der Waals surface area contributed by atoms with Gasteiger partial charge in [0.05, 0.1) is 11.5 Å². The molecule has 0 radical (unpaired) electrons. The van der Waals surface area contributed by atoms with E-state index < -0.39 is 13.5 Å². The normalized spacial score (nSPS) is 10.7. The second-order valence-corrected chi connectivity index (χ2v) is 3.36. The number of ether oxygens (including phenoxy) is 1. The third kappa shape index (κ3) is 6.19. The van der Waals surface area contributed by atoms with Crippen molar-refractivity contribution in [1.29, 1.82) is 0 Å². The summed E-state index contributed by atoms with van der Waals surface area (Å²) in [4.78, 5) is 0. The quantitative estimate of drug-likeness (QED) is 0.718. The summed E-state index contributed by atoms with van der Waals surface area (Å²) in [5.74, 6) is 0.0749. The molecule has 0 saturated heterocycles. The summed E-state index contributed by atoms with van der Waals surface area (Å²) < 4.78 is 40.2. The van der Waals surface area contributed by atoms with Crippen LogP contribution in [-0.2, 0) is 0 Å². The van der Waals surface area contributed by atoms with Gasteiger partial charge in [-0.1, -0.05) is 17.7 Å². The Bertz CT molecular complexity index is 332. The smallest absolute Gasteiger partial charge is 0.520 e. The van der Waals surface area contributed by atoms with E-state index >= 15 is 0 Å². The molecule has 0 aliphatic heterocycles. The zero-order chi connectivity index (χ0) is 10.8. The Morgan fingerprint density at radius 2 is 1.93 bits per heavy atom. The standard InChI is InChI=1S/C8H8BClF3O.K/c1-6-2-3-7(10)8(4-6)14-5-9(11,12)13;/h2-4H,5H2,1H3;/q-1;+1. The van der Waals surface area contributed by atoms with Crippen LogP contribution >= 0.6 is 11.6 Å². The summed E-state index contributed by atoms with van der Waals surface area (Å²) in [5, 5.41) is 0.190. The Labute approximate surface area is 134 Å². The molecule has 0 aliphatic carbocycles. The molecule has 78 valence electrons. The first kappa shape index (κ1) is 15.8. The zero-order valence-electron chi connectivity index (χ0n) is 8.44. The number of benzene rings is 1. The van der Waals surface area contributed by atoms with E-state index in [4.69, 9.17) is 11.6 Å². The number of rotatable bonds is 3. The van der Waals surface area contributed by atoms with Gasteiger partial charge in [-0.2, -0.15) is 0 Å². The van der Waals surface area contributed by atoms with Crippen LogP contribution in [0.4, 0.5) is 12.9 Å². The third-order valence-electron chi connectivity index (χ3n) is 1.51. The van der Waals surface area contributed by atoms with Crippen molar-refractivity contribution in [3.05, 3.63) is 28.8 Å². The predicted octanol–water partition coefficient (Wildman–Crippen LogP) is 0.418. The van der Waals surface area contributed by atoms with Gasteiger partial charge in [0, 0.05) is 0 Å². The fraction of sp³-hybridized carbons (Fsp3) is 0.250. The molecule has 0 atom stereocenters. The number of aryl methyl sites for hydroxylation is 1. The van der Waals surface area contributed by atoms with E-state index in [1.165, 1.54) is 12.1 Å². The van der Waals surface area contributed by atoms with Crippen molar-refractivity contribution in [1.82, 2.24) is 0 Å². The first-order valence-electron chi connectivity index (χ1n) is 3.98. The van der Waals surface area contributed by atoms with Gasteiger partial charge in [0.1, 0.15) is 5.75 Å². The average molecular weight is 263 g/mol. The molecule has 0 fully saturated rings. The maximum Gasteiger partial charge on any atom is 1.00 e. The molecule has 0 aliphatic rings. The van der Waals surface area contributed by atoms with Crippen LogP contribution in [0.25, 0.3) is 0 Å². The Hall–Kier alpha value is 0.801. The Morgan fingerprint density at radius 3 is 2.47 bits per heavy atom. The molecular formula is C8H8BClF3KO. The van der Waals surface area contributed by atoms with Crippen LogP contribution in [0, 0.1) is 6.92 Å². The molecule has 0 bridgehead atoms. The topological polar surface area (TPSA) is 9.23 Å². The van der Waals surface area contributed by atoms with Crippen molar-refractivity contribution < 1.29 is 69.1 Å². The summed E-state index contributed by atoms with van der Waals surface area (Å²) in [5.41, 5.74) is 0.805. The molecule has 1 rings (SSSR count). The molecule has 0 spiro atoms. The maximum atomic E-state index is 11.9. The number of hydrogen-bond donors (Lipinski definition) is 0. The minimum absolute atomic E-state index is 0. The van der Waals surface area contributed by atoms with Gasteiger partial charge in [-0.25, -0.2) is 0 Å². The molecule has 0 amide bonds. The van der Waals surface area contributed by atoms with Crippen molar-refractivity contribution in [2.24, 2.45) is 0 Å². The van der Waals surface area contributed by atoms with Gasteiger partial charge in [0.2, 0.25) is 0 Å². The van der Waals surface area contributed by atoms with Crippen molar-refractivity contribution >= 4 is 18.6 Å². The molecule has 7 heteroatoms. The van der Waals surface area contributed by atoms with Crippen LogP contribution in [0.5, 0.6) is 5.75 Å². The molecule has 1 aromatic carbocycles. The van der Waals surface area contributed by atoms with Gasteiger partial charge in [-0.3, -0.25) is 0 Å². The molecule has 0 aromatic heterocycles. The van der Waals surface area contributed by atoms with Crippen LogP contribution < -0.4 is 56.1 Å². The Balaban J connectivity index is 0.00000196. The summed E-state index contributed by atoms with van der Waals surface area (Å²) >= 11 is 5.64. The maximum absolute atomic E-state index is 11.9. The Kier molecular flexibility index (Phi) is 6.86. The van der Waals surface area contributed by atoms with E-state index in [0.29, 0.717) is 0 Å². The Morgan fingerprint density at radius 1 is 1.33 bits per heavy atom. The van der Waals surface area contributed by atoms with Gasteiger partial charge in [-0.15, -0.1) is 0 Å². The van der Waals surface area contributed by atoms with Crippen LogP contribution in [-0.4, -0.2) is 13.5 Å². The van der Waals surface area contributed by atoms with E-state index in [0.717, 1.165) is 5.56 Å². The largest absolute Gasteiger partial charge is 1.00 e. The first-order valence-corrected chi connectivity index (χ1v) is 4.36. The van der Waals surface area contributed by atoms with Crippen LogP contribution in [0.1, 0.15) is 5.56 Å². The monoisotopic (exact) mass is 262 g/mol. The molecule has 1 nitrogen and oxygen atoms in total. The van der Waals surface area contributed by atoms with E-state index in [1.54, 1.807) is 13.0 Å². The third-order valence-corrected chi connectivity index (χ3v) is 1.83. The van der Waals surface area contributed by atoms with Gasteiger partial charge < -0.3 is 17.7 Å². The van der Waals surface area contributed by atoms with Gasteiger partial charge in [-0.05, 0) is 24.6 Å². The fourth-order valence-corrected chi connectivity index (χ4v) is 1.08. The SMILES string of the molecule is Cc1ccc(Cl)c(OC[B-](F)(F)F)c1.[K+]. The second kappa shape index (κ2) is 6.52. The molecule has 0 unspecified atom stereocenters.